The van der Waals surface area contributed by atoms with E-state index in [0.717, 1.165) is 22.6 Å². The molecule has 1 aromatic heterocycles. The molecule has 0 spiro atoms. The SMILES string of the molecule is CSc1cc(NCC2CCCCS2)ncn1. The largest absolute Gasteiger partial charge is 0.369 e. The van der Waals surface area contributed by atoms with Crippen LogP contribution >= 0.6 is 23.5 Å². The van der Waals surface area contributed by atoms with Crippen molar-refractivity contribution in [2.45, 2.75) is 29.5 Å². The quantitative estimate of drug-likeness (QED) is 0.661. The van der Waals surface area contributed by atoms with E-state index < -0.39 is 0 Å². The molecule has 2 rings (SSSR count). The molecule has 16 heavy (non-hydrogen) atoms. The molecule has 1 atom stereocenters. The smallest absolute Gasteiger partial charge is 0.130 e. The van der Waals surface area contributed by atoms with Gasteiger partial charge in [-0.15, -0.1) is 11.8 Å². The van der Waals surface area contributed by atoms with E-state index >= 15 is 0 Å². The maximum atomic E-state index is 4.23. The molecule has 1 aliphatic rings. The minimum atomic E-state index is 0.751. The Hall–Kier alpha value is -0.420. The van der Waals surface area contributed by atoms with Gasteiger partial charge in [-0.2, -0.15) is 11.8 Å². The molecule has 1 aliphatic heterocycles. The molecule has 1 saturated heterocycles. The molecule has 0 radical (unpaired) electrons. The average Bonchev–Trinajstić information content (AvgIpc) is 2.38. The first kappa shape index (κ1) is 12.0. The van der Waals surface area contributed by atoms with Crippen molar-refractivity contribution in [2.24, 2.45) is 0 Å². The first-order valence-corrected chi connectivity index (χ1v) is 7.87. The number of anilines is 1. The van der Waals surface area contributed by atoms with Gasteiger partial charge in [0, 0.05) is 17.9 Å². The maximum Gasteiger partial charge on any atom is 0.130 e. The molecule has 0 aromatic carbocycles. The molecular weight excluding hydrogens is 238 g/mol. The number of aromatic nitrogens is 2. The fraction of sp³-hybridized carbons (Fsp3) is 0.636. The first-order chi connectivity index (χ1) is 7.88. The highest BCUT2D eigenvalue weighted by atomic mass is 32.2. The van der Waals surface area contributed by atoms with Crippen molar-refractivity contribution in [3.05, 3.63) is 12.4 Å². The van der Waals surface area contributed by atoms with Crippen molar-refractivity contribution < 1.29 is 0 Å². The van der Waals surface area contributed by atoms with E-state index in [2.05, 4.69) is 27.0 Å². The highest BCUT2D eigenvalue weighted by Crippen LogP contribution is 2.25. The lowest BCUT2D eigenvalue weighted by Crippen LogP contribution is -2.20. The van der Waals surface area contributed by atoms with Crippen LogP contribution in [0.2, 0.25) is 0 Å². The van der Waals surface area contributed by atoms with Gasteiger partial charge in [-0.25, -0.2) is 9.97 Å². The van der Waals surface area contributed by atoms with Crippen molar-refractivity contribution in [1.82, 2.24) is 9.97 Å². The fourth-order valence-electron chi connectivity index (χ4n) is 1.73. The third-order valence-electron chi connectivity index (χ3n) is 2.64. The summed E-state index contributed by atoms with van der Waals surface area (Å²) in [4.78, 5) is 8.39. The van der Waals surface area contributed by atoms with Gasteiger partial charge < -0.3 is 5.32 Å². The summed E-state index contributed by atoms with van der Waals surface area (Å²) < 4.78 is 0. The van der Waals surface area contributed by atoms with Crippen LogP contribution in [0, 0.1) is 0 Å². The molecule has 1 aromatic rings. The summed E-state index contributed by atoms with van der Waals surface area (Å²) in [5.74, 6) is 2.26. The predicted octanol–water partition coefficient (Wildman–Crippen LogP) is 2.90. The van der Waals surface area contributed by atoms with Gasteiger partial charge in [0.25, 0.3) is 0 Å². The second-order valence-electron chi connectivity index (χ2n) is 3.82. The van der Waals surface area contributed by atoms with Crippen molar-refractivity contribution >= 4 is 29.3 Å². The molecule has 2 heterocycles. The number of thioether (sulfide) groups is 2. The van der Waals surface area contributed by atoms with Crippen LogP contribution in [-0.4, -0.2) is 33.8 Å². The summed E-state index contributed by atoms with van der Waals surface area (Å²) in [6.07, 6.45) is 7.74. The Bertz CT molecular complexity index is 327. The van der Waals surface area contributed by atoms with Gasteiger partial charge in [0.2, 0.25) is 0 Å². The number of rotatable bonds is 4. The minimum absolute atomic E-state index is 0.751. The third kappa shape index (κ3) is 3.56. The lowest BCUT2D eigenvalue weighted by molar-refractivity contribution is 0.676. The van der Waals surface area contributed by atoms with Crippen LogP contribution in [0.1, 0.15) is 19.3 Å². The van der Waals surface area contributed by atoms with Crippen LogP contribution in [0.5, 0.6) is 0 Å². The maximum absolute atomic E-state index is 4.23. The number of hydrogen-bond donors (Lipinski definition) is 1. The van der Waals surface area contributed by atoms with Gasteiger partial charge in [-0.05, 0) is 24.9 Å². The first-order valence-electron chi connectivity index (χ1n) is 5.60. The van der Waals surface area contributed by atoms with E-state index in [9.17, 15) is 0 Å². The summed E-state index contributed by atoms with van der Waals surface area (Å²) in [7, 11) is 0. The summed E-state index contributed by atoms with van der Waals surface area (Å²) in [5, 5.41) is 5.18. The fourth-order valence-corrected chi connectivity index (χ4v) is 3.36. The van der Waals surface area contributed by atoms with Crippen molar-refractivity contribution in [3.63, 3.8) is 0 Å². The van der Waals surface area contributed by atoms with Crippen molar-refractivity contribution in [3.8, 4) is 0 Å². The zero-order valence-corrected chi connectivity index (χ0v) is 11.1. The summed E-state index contributed by atoms with van der Waals surface area (Å²) in [6.45, 7) is 1.02. The summed E-state index contributed by atoms with van der Waals surface area (Å²) in [5.41, 5.74) is 0. The molecule has 1 fully saturated rings. The Balaban J connectivity index is 1.83. The molecule has 0 saturated carbocycles. The number of nitrogens with zero attached hydrogens (tertiary/aromatic N) is 2. The normalized spacial score (nSPS) is 20.7. The van der Waals surface area contributed by atoms with Crippen LogP contribution in [0.3, 0.4) is 0 Å². The van der Waals surface area contributed by atoms with Crippen LogP contribution in [0.15, 0.2) is 17.4 Å². The van der Waals surface area contributed by atoms with Crippen molar-refractivity contribution in [1.29, 1.82) is 0 Å². The molecule has 88 valence electrons. The zero-order valence-electron chi connectivity index (χ0n) is 9.48. The molecule has 0 bridgehead atoms. The second kappa shape index (κ2) is 6.35. The van der Waals surface area contributed by atoms with Gasteiger partial charge in [0.1, 0.15) is 17.2 Å². The highest BCUT2D eigenvalue weighted by molar-refractivity contribution is 8.00. The Labute approximate surface area is 105 Å². The third-order valence-corrected chi connectivity index (χ3v) is 4.68. The minimum Gasteiger partial charge on any atom is -0.369 e. The van der Waals surface area contributed by atoms with E-state index in [0.29, 0.717) is 0 Å². The summed E-state index contributed by atoms with van der Waals surface area (Å²) in [6, 6.07) is 2.01. The Morgan fingerprint density at radius 3 is 3.19 bits per heavy atom. The van der Waals surface area contributed by atoms with E-state index in [1.165, 1.54) is 25.0 Å². The Kier molecular flexibility index (Phi) is 4.78. The molecule has 3 nitrogen and oxygen atoms in total. The Morgan fingerprint density at radius 2 is 2.44 bits per heavy atom. The lowest BCUT2D eigenvalue weighted by Gasteiger charge is -2.21. The molecule has 1 N–H and O–H groups in total. The molecule has 0 amide bonds. The highest BCUT2D eigenvalue weighted by Gasteiger charge is 2.13. The van der Waals surface area contributed by atoms with E-state index in [-0.39, 0.29) is 0 Å². The van der Waals surface area contributed by atoms with Crippen LogP contribution in [-0.2, 0) is 0 Å². The van der Waals surface area contributed by atoms with Gasteiger partial charge >= 0.3 is 0 Å². The van der Waals surface area contributed by atoms with Crippen LogP contribution in [0.25, 0.3) is 0 Å². The van der Waals surface area contributed by atoms with Gasteiger partial charge in [-0.1, -0.05) is 6.42 Å². The zero-order chi connectivity index (χ0) is 11.2. The van der Waals surface area contributed by atoms with Gasteiger partial charge in [0.05, 0.1) is 0 Å². The number of nitrogens with one attached hydrogen (secondary N) is 1. The molecular formula is C11H17N3S2. The lowest BCUT2D eigenvalue weighted by atomic mass is 10.2. The van der Waals surface area contributed by atoms with E-state index in [1.807, 2.05) is 12.3 Å². The Morgan fingerprint density at radius 1 is 1.50 bits per heavy atom. The van der Waals surface area contributed by atoms with Crippen LogP contribution in [0.4, 0.5) is 5.82 Å². The molecule has 1 unspecified atom stereocenters. The van der Waals surface area contributed by atoms with Gasteiger partial charge in [0.15, 0.2) is 0 Å². The molecule has 5 heteroatoms. The molecule has 0 aliphatic carbocycles. The number of hydrogen-bond acceptors (Lipinski definition) is 5. The van der Waals surface area contributed by atoms with E-state index in [1.54, 1.807) is 18.1 Å². The average molecular weight is 255 g/mol. The standard InChI is InChI=1S/C11H17N3S2/c1-15-11-6-10(13-8-14-11)12-7-9-4-2-3-5-16-9/h6,8-9H,2-5,7H2,1H3,(H,12,13,14). The predicted molar refractivity (Wildman–Crippen MR) is 72.4 cm³/mol. The summed E-state index contributed by atoms with van der Waals surface area (Å²) >= 11 is 3.73. The van der Waals surface area contributed by atoms with Crippen molar-refractivity contribution in [2.75, 3.05) is 23.9 Å². The monoisotopic (exact) mass is 255 g/mol. The van der Waals surface area contributed by atoms with E-state index in [4.69, 9.17) is 0 Å². The second-order valence-corrected chi connectivity index (χ2v) is 6.05. The topological polar surface area (TPSA) is 37.8 Å². The van der Waals surface area contributed by atoms with Crippen LogP contribution < -0.4 is 5.32 Å². The van der Waals surface area contributed by atoms with Gasteiger partial charge in [-0.3, -0.25) is 0 Å².